The predicted octanol–water partition coefficient (Wildman–Crippen LogP) is 4.67. The van der Waals surface area contributed by atoms with E-state index in [0.29, 0.717) is 39.9 Å². The molecule has 0 saturated heterocycles. The van der Waals surface area contributed by atoms with Gasteiger partial charge in [0.25, 0.3) is 0 Å². The summed E-state index contributed by atoms with van der Waals surface area (Å²) in [6, 6.07) is 9.04. The van der Waals surface area contributed by atoms with Gasteiger partial charge in [-0.25, -0.2) is 4.79 Å². The molecule has 0 radical (unpaired) electrons. The Balaban J connectivity index is 2.35. The molecule has 0 N–H and O–H groups in total. The highest BCUT2D eigenvalue weighted by Crippen LogP contribution is 2.46. The quantitative estimate of drug-likeness (QED) is 0.247. The fourth-order valence-corrected chi connectivity index (χ4v) is 4.24. The number of oxime groups is 1. The van der Waals surface area contributed by atoms with E-state index in [-0.39, 0.29) is 18.2 Å². The monoisotopic (exact) mass is 527 g/mol. The molecule has 10 heteroatoms. The third-order valence-corrected chi connectivity index (χ3v) is 5.66. The van der Waals surface area contributed by atoms with Gasteiger partial charge in [0, 0.05) is 25.8 Å². The van der Waals surface area contributed by atoms with E-state index in [0.717, 1.165) is 11.1 Å². The van der Waals surface area contributed by atoms with Crippen LogP contribution in [0.1, 0.15) is 45.2 Å². The largest absolute Gasteiger partial charge is 0.493 e. The molecule has 0 aliphatic heterocycles. The molecule has 1 aliphatic carbocycles. The second-order valence-electron chi connectivity index (χ2n) is 8.66. The van der Waals surface area contributed by atoms with Gasteiger partial charge in [-0.05, 0) is 54.8 Å². The van der Waals surface area contributed by atoms with Gasteiger partial charge in [-0.3, -0.25) is 4.79 Å². The van der Waals surface area contributed by atoms with Crippen LogP contribution in [-0.2, 0) is 19.2 Å². The number of ether oxygens (including phenoxy) is 6. The molecule has 0 heterocycles. The van der Waals surface area contributed by atoms with E-state index < -0.39 is 18.0 Å². The number of methoxy groups -OCH3 is 4. The van der Waals surface area contributed by atoms with E-state index in [1.54, 1.807) is 25.3 Å². The number of rotatable bonds is 10. The van der Waals surface area contributed by atoms with Gasteiger partial charge < -0.3 is 33.3 Å². The zero-order valence-electron chi connectivity index (χ0n) is 22.9. The number of nitrogens with zero attached hydrogens (tertiary/aromatic N) is 1. The van der Waals surface area contributed by atoms with Gasteiger partial charge in [0.15, 0.2) is 29.1 Å². The molecule has 204 valence electrons. The highest BCUT2D eigenvalue weighted by Gasteiger charge is 2.37. The molecule has 3 rings (SSSR count). The Bertz CT molecular complexity index is 1240. The maximum Gasteiger partial charge on any atom is 0.331 e. The topological polar surface area (TPSA) is 111 Å². The van der Waals surface area contributed by atoms with Crippen molar-refractivity contribution in [1.82, 2.24) is 0 Å². The third kappa shape index (κ3) is 6.19. The van der Waals surface area contributed by atoms with Crippen molar-refractivity contribution in [3.63, 3.8) is 0 Å². The number of esters is 1. The predicted molar refractivity (Wildman–Crippen MR) is 141 cm³/mol. The van der Waals surface area contributed by atoms with E-state index in [2.05, 4.69) is 5.16 Å². The SMILES string of the molecule is COc1ccc(C2=C(c3cc(OC)c(OC)c(OC)c3)C(=NOC(C)=O)C(OC(C)=O)C2)cc1OC(C)C. The lowest BCUT2D eigenvalue weighted by molar-refractivity contribution is -0.143. The Morgan fingerprint density at radius 1 is 0.816 bits per heavy atom. The molecular weight excluding hydrogens is 494 g/mol. The summed E-state index contributed by atoms with van der Waals surface area (Å²) in [6.07, 6.45) is -0.646. The van der Waals surface area contributed by atoms with Crippen molar-refractivity contribution in [1.29, 1.82) is 0 Å². The van der Waals surface area contributed by atoms with Crippen molar-refractivity contribution in [3.05, 3.63) is 41.5 Å². The first-order valence-electron chi connectivity index (χ1n) is 11.9. The first kappa shape index (κ1) is 28.4. The molecule has 1 atom stereocenters. The van der Waals surface area contributed by atoms with Gasteiger partial charge in [-0.15, -0.1) is 0 Å². The number of carbonyl (C=O) groups excluding carboxylic acids is 2. The second-order valence-corrected chi connectivity index (χ2v) is 8.66. The van der Waals surface area contributed by atoms with Gasteiger partial charge >= 0.3 is 11.9 Å². The lowest BCUT2D eigenvalue weighted by Gasteiger charge is -2.17. The molecule has 0 fully saturated rings. The fourth-order valence-electron chi connectivity index (χ4n) is 4.24. The minimum atomic E-state index is -0.812. The van der Waals surface area contributed by atoms with Crippen LogP contribution in [0.25, 0.3) is 11.1 Å². The van der Waals surface area contributed by atoms with Gasteiger partial charge in [0.2, 0.25) is 5.75 Å². The van der Waals surface area contributed by atoms with E-state index in [1.165, 1.54) is 35.2 Å². The van der Waals surface area contributed by atoms with Crippen molar-refractivity contribution in [2.45, 2.75) is 46.3 Å². The molecule has 2 aromatic rings. The molecule has 2 aromatic carbocycles. The average Bonchev–Trinajstić information content (AvgIpc) is 3.23. The Morgan fingerprint density at radius 2 is 1.42 bits per heavy atom. The number of benzene rings is 2. The Kier molecular flexibility index (Phi) is 9.22. The molecule has 0 spiro atoms. The minimum Gasteiger partial charge on any atom is -0.493 e. The molecule has 1 unspecified atom stereocenters. The van der Waals surface area contributed by atoms with Crippen LogP contribution >= 0.6 is 0 Å². The van der Waals surface area contributed by atoms with Crippen molar-refractivity contribution in [2.75, 3.05) is 28.4 Å². The average molecular weight is 528 g/mol. The highest BCUT2D eigenvalue weighted by molar-refractivity contribution is 6.35. The van der Waals surface area contributed by atoms with Crippen LogP contribution in [0.2, 0.25) is 0 Å². The van der Waals surface area contributed by atoms with Crippen molar-refractivity contribution >= 4 is 28.8 Å². The molecule has 1 aliphatic rings. The molecule has 0 aromatic heterocycles. The summed E-state index contributed by atoms with van der Waals surface area (Å²) < 4.78 is 33.7. The smallest absolute Gasteiger partial charge is 0.331 e. The van der Waals surface area contributed by atoms with Gasteiger partial charge in [0.1, 0.15) is 5.71 Å². The lowest BCUT2D eigenvalue weighted by Crippen LogP contribution is -2.23. The third-order valence-electron chi connectivity index (χ3n) is 5.66. The van der Waals surface area contributed by atoms with E-state index >= 15 is 0 Å². The van der Waals surface area contributed by atoms with Crippen molar-refractivity contribution in [3.8, 4) is 28.7 Å². The molecule has 10 nitrogen and oxygen atoms in total. The normalized spacial score (nSPS) is 15.9. The van der Waals surface area contributed by atoms with Crippen molar-refractivity contribution in [2.24, 2.45) is 5.16 Å². The minimum absolute atomic E-state index is 0.0961. The van der Waals surface area contributed by atoms with Gasteiger partial charge in [-0.2, -0.15) is 0 Å². The molecule has 38 heavy (non-hydrogen) atoms. The zero-order chi connectivity index (χ0) is 28.0. The van der Waals surface area contributed by atoms with Crippen LogP contribution in [0.4, 0.5) is 0 Å². The van der Waals surface area contributed by atoms with Crippen LogP contribution in [0.5, 0.6) is 28.7 Å². The molecular formula is C28H33NO9. The van der Waals surface area contributed by atoms with Crippen LogP contribution < -0.4 is 23.7 Å². The summed E-state index contributed by atoms with van der Waals surface area (Å²) in [5, 5.41) is 4.11. The number of hydrogen-bond donors (Lipinski definition) is 0. The summed E-state index contributed by atoms with van der Waals surface area (Å²) in [5.41, 5.74) is 3.01. The summed E-state index contributed by atoms with van der Waals surface area (Å²) in [7, 11) is 6.11. The Morgan fingerprint density at radius 3 is 1.92 bits per heavy atom. The first-order valence-corrected chi connectivity index (χ1v) is 11.9. The zero-order valence-corrected chi connectivity index (χ0v) is 22.9. The van der Waals surface area contributed by atoms with Gasteiger partial charge in [-0.1, -0.05) is 11.2 Å². The van der Waals surface area contributed by atoms with E-state index in [4.69, 9.17) is 33.3 Å². The van der Waals surface area contributed by atoms with Gasteiger partial charge in [0.05, 0.1) is 34.5 Å². The highest BCUT2D eigenvalue weighted by atomic mass is 16.7. The lowest BCUT2D eigenvalue weighted by atomic mass is 9.95. The maximum absolute atomic E-state index is 12.0. The van der Waals surface area contributed by atoms with E-state index in [1.807, 2.05) is 26.0 Å². The van der Waals surface area contributed by atoms with Crippen molar-refractivity contribution < 1.29 is 42.8 Å². The summed E-state index contributed by atoms with van der Waals surface area (Å²) in [6.45, 7) is 6.39. The molecule has 0 bridgehead atoms. The summed E-state index contributed by atoms with van der Waals surface area (Å²) >= 11 is 0. The fraction of sp³-hybridized carbons (Fsp3) is 0.393. The van der Waals surface area contributed by atoms with Crippen LogP contribution in [-0.4, -0.2) is 58.3 Å². The summed E-state index contributed by atoms with van der Waals surface area (Å²) in [5.74, 6) is 1.23. The Labute approximate surface area is 222 Å². The molecule has 0 amide bonds. The van der Waals surface area contributed by atoms with Crippen LogP contribution in [0, 0.1) is 0 Å². The van der Waals surface area contributed by atoms with Crippen LogP contribution in [0.15, 0.2) is 35.5 Å². The Hall–Kier alpha value is -4.21. The maximum atomic E-state index is 12.0. The number of carbonyl (C=O) groups is 2. The van der Waals surface area contributed by atoms with E-state index in [9.17, 15) is 9.59 Å². The second kappa shape index (κ2) is 12.4. The van der Waals surface area contributed by atoms with Crippen LogP contribution in [0.3, 0.4) is 0 Å². The first-order chi connectivity index (χ1) is 18.1. The molecule has 0 saturated carbocycles. The summed E-state index contributed by atoms with van der Waals surface area (Å²) in [4.78, 5) is 28.7. The standard InChI is InChI=1S/C28H33NO9/c1-15(2)36-22-11-18(9-10-21(22)32-5)20-14-23(37-16(3)30)27(29-38-17(4)31)26(20)19-12-24(33-6)28(35-8)25(13-19)34-7/h9-13,15,23H,14H2,1-8H3. The number of hydrogen-bond acceptors (Lipinski definition) is 10.